The Bertz CT molecular complexity index is 482. The van der Waals surface area contributed by atoms with Crippen LogP contribution >= 0.6 is 0 Å². The highest BCUT2D eigenvalue weighted by atomic mass is 15.2. The molecule has 0 unspecified atom stereocenters. The summed E-state index contributed by atoms with van der Waals surface area (Å²) in [5.41, 5.74) is 7.47. The van der Waals surface area contributed by atoms with Gasteiger partial charge in [0.15, 0.2) is 5.65 Å². The number of rotatable bonds is 1. The van der Waals surface area contributed by atoms with Crippen LogP contribution in [0.25, 0.3) is 5.65 Å². The highest BCUT2D eigenvalue weighted by molar-refractivity contribution is 5.68. The quantitative estimate of drug-likeness (QED) is 0.762. The number of imidazole rings is 1. The van der Waals surface area contributed by atoms with Crippen molar-refractivity contribution in [3.8, 4) is 0 Å². The van der Waals surface area contributed by atoms with Crippen molar-refractivity contribution in [1.82, 2.24) is 9.38 Å². The van der Waals surface area contributed by atoms with Gasteiger partial charge in [0, 0.05) is 25.5 Å². The molecule has 1 aliphatic rings. The average Bonchev–Trinajstić information content (AvgIpc) is 2.88. The van der Waals surface area contributed by atoms with Crippen LogP contribution in [-0.2, 0) is 0 Å². The van der Waals surface area contributed by atoms with Crippen molar-refractivity contribution in [2.24, 2.45) is 0 Å². The van der Waals surface area contributed by atoms with Crippen LogP contribution in [0.5, 0.6) is 0 Å². The van der Waals surface area contributed by atoms with E-state index < -0.39 is 0 Å². The Hall–Kier alpha value is -1.71. The highest BCUT2D eigenvalue weighted by Gasteiger charge is 2.15. The highest BCUT2D eigenvalue weighted by Crippen LogP contribution is 2.24. The molecule has 1 fully saturated rings. The Morgan fingerprint density at radius 3 is 2.80 bits per heavy atom. The lowest BCUT2D eigenvalue weighted by Gasteiger charge is -2.19. The van der Waals surface area contributed by atoms with Crippen LogP contribution in [0.4, 0.5) is 11.5 Å². The maximum Gasteiger partial charge on any atom is 0.161 e. The normalized spacial score (nSPS) is 16.4. The third kappa shape index (κ3) is 1.25. The number of nitrogens with two attached hydrogens (primary N) is 1. The zero-order valence-electron chi connectivity index (χ0n) is 8.56. The van der Waals surface area contributed by atoms with Crippen molar-refractivity contribution >= 4 is 17.2 Å². The lowest BCUT2D eigenvalue weighted by atomic mass is 10.3. The second kappa shape index (κ2) is 3.15. The Morgan fingerprint density at radius 2 is 2.00 bits per heavy atom. The fourth-order valence-corrected chi connectivity index (χ4v) is 2.23. The number of fused-ring (bicyclic) bond motifs is 1. The molecule has 15 heavy (non-hydrogen) atoms. The van der Waals surface area contributed by atoms with Gasteiger partial charge in [-0.1, -0.05) is 0 Å². The monoisotopic (exact) mass is 202 g/mol. The van der Waals surface area contributed by atoms with Gasteiger partial charge in [0.25, 0.3) is 0 Å². The Balaban J connectivity index is 2.17. The van der Waals surface area contributed by atoms with E-state index in [0.29, 0.717) is 0 Å². The van der Waals surface area contributed by atoms with Crippen LogP contribution in [-0.4, -0.2) is 22.5 Å². The van der Waals surface area contributed by atoms with Crippen molar-refractivity contribution in [3.63, 3.8) is 0 Å². The van der Waals surface area contributed by atoms with E-state index in [-0.39, 0.29) is 0 Å². The Labute approximate surface area is 88.3 Å². The topological polar surface area (TPSA) is 46.6 Å². The molecule has 2 aromatic heterocycles. The van der Waals surface area contributed by atoms with Gasteiger partial charge in [-0.15, -0.1) is 0 Å². The molecule has 4 heteroatoms. The van der Waals surface area contributed by atoms with E-state index in [1.807, 2.05) is 12.3 Å². The summed E-state index contributed by atoms with van der Waals surface area (Å²) in [4.78, 5) is 6.64. The predicted molar refractivity (Wildman–Crippen MR) is 61.1 cm³/mol. The van der Waals surface area contributed by atoms with Crippen molar-refractivity contribution in [2.75, 3.05) is 23.7 Å². The molecular weight excluding hydrogens is 188 g/mol. The summed E-state index contributed by atoms with van der Waals surface area (Å²) in [6.07, 6.45) is 6.33. The summed E-state index contributed by atoms with van der Waals surface area (Å²) < 4.78 is 2.07. The molecule has 0 amide bonds. The van der Waals surface area contributed by atoms with Gasteiger partial charge in [0.2, 0.25) is 0 Å². The standard InChI is InChI=1S/C11H14N4/c12-9-3-4-10(14-6-1-2-7-14)15-8-5-13-11(9)15/h3-5,8H,1-2,6-7,12H2. The van der Waals surface area contributed by atoms with E-state index in [0.717, 1.165) is 24.4 Å². The number of pyridine rings is 1. The van der Waals surface area contributed by atoms with Gasteiger partial charge < -0.3 is 10.6 Å². The first-order chi connectivity index (χ1) is 7.36. The van der Waals surface area contributed by atoms with Crippen molar-refractivity contribution in [3.05, 3.63) is 24.5 Å². The summed E-state index contributed by atoms with van der Waals surface area (Å²) in [5.74, 6) is 1.20. The molecule has 0 aliphatic carbocycles. The number of nitrogens with zero attached hydrogens (tertiary/aromatic N) is 3. The van der Waals surface area contributed by atoms with E-state index in [4.69, 9.17) is 5.73 Å². The molecule has 78 valence electrons. The first kappa shape index (κ1) is 8.59. The maximum atomic E-state index is 5.87. The zero-order chi connectivity index (χ0) is 10.3. The second-order valence-corrected chi connectivity index (χ2v) is 3.96. The number of aromatic nitrogens is 2. The smallest absolute Gasteiger partial charge is 0.161 e. The van der Waals surface area contributed by atoms with E-state index in [1.165, 1.54) is 18.7 Å². The molecule has 3 heterocycles. The molecule has 3 rings (SSSR count). The van der Waals surface area contributed by atoms with Crippen LogP contribution in [0.15, 0.2) is 24.5 Å². The molecule has 2 N–H and O–H groups in total. The fourth-order valence-electron chi connectivity index (χ4n) is 2.23. The minimum absolute atomic E-state index is 0.739. The minimum atomic E-state index is 0.739. The lowest BCUT2D eigenvalue weighted by Crippen LogP contribution is -2.20. The van der Waals surface area contributed by atoms with Gasteiger partial charge in [-0.2, -0.15) is 0 Å². The van der Waals surface area contributed by atoms with Crippen LogP contribution < -0.4 is 10.6 Å². The molecule has 1 saturated heterocycles. The molecule has 4 nitrogen and oxygen atoms in total. The summed E-state index contributed by atoms with van der Waals surface area (Å²) in [6.45, 7) is 2.27. The van der Waals surface area contributed by atoms with Gasteiger partial charge in [-0.25, -0.2) is 4.98 Å². The van der Waals surface area contributed by atoms with Crippen LogP contribution in [0, 0.1) is 0 Å². The molecule has 0 radical (unpaired) electrons. The zero-order valence-corrected chi connectivity index (χ0v) is 8.56. The van der Waals surface area contributed by atoms with Crippen LogP contribution in [0.3, 0.4) is 0 Å². The van der Waals surface area contributed by atoms with E-state index >= 15 is 0 Å². The lowest BCUT2D eigenvalue weighted by molar-refractivity contribution is 0.919. The SMILES string of the molecule is Nc1ccc(N2CCCC2)n2ccnc12. The molecule has 0 saturated carbocycles. The summed E-state index contributed by atoms with van der Waals surface area (Å²) in [5, 5.41) is 0. The first-order valence-electron chi connectivity index (χ1n) is 5.33. The largest absolute Gasteiger partial charge is 0.396 e. The summed E-state index contributed by atoms with van der Waals surface area (Å²) >= 11 is 0. The number of nitrogen functional groups attached to an aromatic ring is 1. The van der Waals surface area contributed by atoms with Crippen molar-refractivity contribution in [1.29, 1.82) is 0 Å². The van der Waals surface area contributed by atoms with Crippen LogP contribution in [0.1, 0.15) is 12.8 Å². The third-order valence-electron chi connectivity index (χ3n) is 2.99. The Kier molecular flexibility index (Phi) is 1.80. The number of anilines is 2. The number of hydrogen-bond donors (Lipinski definition) is 1. The van der Waals surface area contributed by atoms with Crippen LogP contribution in [0.2, 0.25) is 0 Å². The van der Waals surface area contributed by atoms with Crippen molar-refractivity contribution < 1.29 is 0 Å². The first-order valence-corrected chi connectivity index (χ1v) is 5.33. The molecule has 0 spiro atoms. The van der Waals surface area contributed by atoms with Gasteiger partial charge in [0.1, 0.15) is 5.82 Å². The van der Waals surface area contributed by atoms with Crippen molar-refractivity contribution in [2.45, 2.75) is 12.8 Å². The molecule has 0 atom stereocenters. The van der Waals surface area contributed by atoms with Gasteiger partial charge in [0.05, 0.1) is 5.69 Å². The average molecular weight is 202 g/mol. The predicted octanol–water partition coefficient (Wildman–Crippen LogP) is 1.52. The Morgan fingerprint density at radius 1 is 1.20 bits per heavy atom. The second-order valence-electron chi connectivity index (χ2n) is 3.96. The molecule has 0 aromatic carbocycles. The molecule has 2 aromatic rings. The number of hydrogen-bond acceptors (Lipinski definition) is 3. The van der Waals surface area contributed by atoms with E-state index in [2.05, 4.69) is 20.4 Å². The summed E-state index contributed by atoms with van der Waals surface area (Å²) in [6, 6.07) is 4.02. The molecular formula is C11H14N4. The molecule has 1 aliphatic heterocycles. The maximum absolute atomic E-state index is 5.87. The summed E-state index contributed by atoms with van der Waals surface area (Å²) in [7, 11) is 0. The van der Waals surface area contributed by atoms with Gasteiger partial charge in [-0.05, 0) is 25.0 Å². The van der Waals surface area contributed by atoms with Gasteiger partial charge >= 0.3 is 0 Å². The van der Waals surface area contributed by atoms with E-state index in [9.17, 15) is 0 Å². The van der Waals surface area contributed by atoms with E-state index in [1.54, 1.807) is 6.20 Å². The third-order valence-corrected chi connectivity index (χ3v) is 2.99. The fraction of sp³-hybridized carbons (Fsp3) is 0.364. The molecule has 0 bridgehead atoms. The minimum Gasteiger partial charge on any atom is -0.396 e. The van der Waals surface area contributed by atoms with Gasteiger partial charge in [-0.3, -0.25) is 4.40 Å².